The maximum absolute atomic E-state index is 5.70. The molecule has 0 aromatic heterocycles. The third-order valence-electron chi connectivity index (χ3n) is 1.29. The third kappa shape index (κ3) is 2.44. The number of para-hydroxylation sites is 1. The van der Waals surface area contributed by atoms with Crippen LogP contribution in [-0.2, 0) is 0 Å². The molecule has 1 rings (SSSR count). The molecule has 60 valence electrons. The second kappa shape index (κ2) is 4.26. The minimum Gasteiger partial charge on any atom is -0.398 e. The number of anilines is 1. The Labute approximate surface area is 71.0 Å². The minimum absolute atomic E-state index is 0.693. The maximum Gasteiger partial charge on any atom is 0.0452 e. The molecule has 0 aliphatic carbocycles. The second-order valence-electron chi connectivity index (χ2n) is 2.17. The van der Waals surface area contributed by atoms with Crippen molar-refractivity contribution in [2.45, 2.75) is 4.90 Å². The fraction of sp³-hybridized carbons (Fsp3) is 0.250. The van der Waals surface area contributed by atoms with E-state index in [1.807, 2.05) is 24.3 Å². The molecule has 0 aliphatic heterocycles. The molecule has 0 fully saturated rings. The van der Waals surface area contributed by atoms with Gasteiger partial charge in [-0.2, -0.15) is 0 Å². The van der Waals surface area contributed by atoms with Gasteiger partial charge < -0.3 is 11.5 Å². The van der Waals surface area contributed by atoms with Crippen LogP contribution in [0.5, 0.6) is 0 Å². The number of benzene rings is 1. The van der Waals surface area contributed by atoms with E-state index in [1.165, 1.54) is 0 Å². The van der Waals surface area contributed by atoms with E-state index in [4.69, 9.17) is 11.5 Å². The van der Waals surface area contributed by atoms with Crippen molar-refractivity contribution in [3.8, 4) is 0 Å². The van der Waals surface area contributed by atoms with Crippen molar-refractivity contribution in [2.75, 3.05) is 18.0 Å². The van der Waals surface area contributed by atoms with Gasteiger partial charge in [0.1, 0.15) is 0 Å². The molecule has 1 aromatic rings. The molecule has 0 bridgehead atoms. The first-order valence-electron chi connectivity index (χ1n) is 3.52. The number of rotatable bonds is 3. The number of hydrogen-bond donors (Lipinski definition) is 2. The summed E-state index contributed by atoms with van der Waals surface area (Å²) < 4.78 is 0. The van der Waals surface area contributed by atoms with Gasteiger partial charge in [0.2, 0.25) is 0 Å². The Morgan fingerprint density at radius 3 is 2.64 bits per heavy atom. The highest BCUT2D eigenvalue weighted by Gasteiger charge is 1.95. The van der Waals surface area contributed by atoms with Gasteiger partial charge in [-0.05, 0) is 12.1 Å². The molecule has 3 heteroatoms. The standard InChI is InChI=1S/C8H12N2S/c9-5-6-11-8-4-2-1-3-7(8)10/h1-4H,5-6,9-10H2. The van der Waals surface area contributed by atoms with Crippen molar-refractivity contribution in [2.24, 2.45) is 5.73 Å². The normalized spacial score (nSPS) is 9.91. The lowest BCUT2D eigenvalue weighted by atomic mass is 10.3. The molecule has 0 unspecified atom stereocenters. The van der Waals surface area contributed by atoms with Crippen LogP contribution in [0.1, 0.15) is 0 Å². The quantitative estimate of drug-likeness (QED) is 0.528. The third-order valence-corrected chi connectivity index (χ3v) is 2.42. The number of thioether (sulfide) groups is 1. The predicted molar refractivity (Wildman–Crippen MR) is 50.6 cm³/mol. The van der Waals surface area contributed by atoms with E-state index in [9.17, 15) is 0 Å². The van der Waals surface area contributed by atoms with Gasteiger partial charge in [-0.15, -0.1) is 11.8 Å². The van der Waals surface area contributed by atoms with Gasteiger partial charge in [0.05, 0.1) is 0 Å². The Morgan fingerprint density at radius 2 is 2.00 bits per heavy atom. The molecule has 0 heterocycles. The van der Waals surface area contributed by atoms with Crippen LogP contribution in [0.3, 0.4) is 0 Å². The van der Waals surface area contributed by atoms with E-state index >= 15 is 0 Å². The average Bonchev–Trinajstić information content (AvgIpc) is 2.03. The first kappa shape index (κ1) is 8.43. The van der Waals surface area contributed by atoms with Crippen molar-refractivity contribution >= 4 is 17.4 Å². The Kier molecular flexibility index (Phi) is 3.26. The van der Waals surface area contributed by atoms with E-state index in [0.717, 1.165) is 16.3 Å². The topological polar surface area (TPSA) is 52.0 Å². The predicted octanol–water partition coefficient (Wildman–Crippen LogP) is 1.32. The smallest absolute Gasteiger partial charge is 0.0452 e. The van der Waals surface area contributed by atoms with E-state index in [2.05, 4.69) is 0 Å². The van der Waals surface area contributed by atoms with Crippen LogP contribution in [0.4, 0.5) is 5.69 Å². The largest absolute Gasteiger partial charge is 0.398 e. The first-order valence-corrected chi connectivity index (χ1v) is 4.50. The Balaban J connectivity index is 2.62. The van der Waals surface area contributed by atoms with E-state index in [0.29, 0.717) is 6.54 Å². The molecule has 2 nitrogen and oxygen atoms in total. The summed E-state index contributed by atoms with van der Waals surface area (Å²) in [4.78, 5) is 1.12. The van der Waals surface area contributed by atoms with Crippen molar-refractivity contribution in [3.05, 3.63) is 24.3 Å². The van der Waals surface area contributed by atoms with Crippen LogP contribution < -0.4 is 11.5 Å². The summed E-state index contributed by atoms with van der Waals surface area (Å²) in [5, 5.41) is 0. The monoisotopic (exact) mass is 168 g/mol. The summed E-state index contributed by atoms with van der Waals surface area (Å²) in [5.41, 5.74) is 11.9. The molecule has 4 N–H and O–H groups in total. The van der Waals surface area contributed by atoms with Crippen molar-refractivity contribution in [1.82, 2.24) is 0 Å². The summed E-state index contributed by atoms with van der Waals surface area (Å²) in [5.74, 6) is 0.925. The van der Waals surface area contributed by atoms with Crippen LogP contribution >= 0.6 is 11.8 Å². The van der Waals surface area contributed by atoms with Crippen LogP contribution in [0, 0.1) is 0 Å². The maximum atomic E-state index is 5.70. The van der Waals surface area contributed by atoms with Gasteiger partial charge in [-0.25, -0.2) is 0 Å². The van der Waals surface area contributed by atoms with Gasteiger partial charge in [-0.3, -0.25) is 0 Å². The van der Waals surface area contributed by atoms with Gasteiger partial charge in [0.15, 0.2) is 0 Å². The van der Waals surface area contributed by atoms with Crippen molar-refractivity contribution in [3.63, 3.8) is 0 Å². The molecule has 0 spiro atoms. The van der Waals surface area contributed by atoms with Gasteiger partial charge in [0.25, 0.3) is 0 Å². The van der Waals surface area contributed by atoms with E-state index in [1.54, 1.807) is 11.8 Å². The molecule has 0 saturated heterocycles. The SMILES string of the molecule is NCCSc1ccccc1N. The highest BCUT2D eigenvalue weighted by Crippen LogP contribution is 2.23. The Hall–Kier alpha value is -0.670. The molecule has 0 aliphatic rings. The van der Waals surface area contributed by atoms with Gasteiger partial charge in [0, 0.05) is 22.9 Å². The zero-order valence-corrected chi connectivity index (χ0v) is 7.10. The molecule has 0 radical (unpaired) electrons. The molecule has 11 heavy (non-hydrogen) atoms. The van der Waals surface area contributed by atoms with Crippen LogP contribution in [0.15, 0.2) is 29.2 Å². The summed E-state index contributed by atoms with van der Waals surface area (Å²) in [6, 6.07) is 7.82. The first-order chi connectivity index (χ1) is 5.34. The second-order valence-corrected chi connectivity index (χ2v) is 3.31. The summed E-state index contributed by atoms with van der Waals surface area (Å²) in [6.07, 6.45) is 0. The lowest BCUT2D eigenvalue weighted by Gasteiger charge is -2.02. The number of nitrogen functional groups attached to an aromatic ring is 1. The van der Waals surface area contributed by atoms with E-state index < -0.39 is 0 Å². The Morgan fingerprint density at radius 1 is 1.27 bits per heavy atom. The summed E-state index contributed by atoms with van der Waals surface area (Å²) in [7, 11) is 0. The molecule has 1 aromatic carbocycles. The highest BCUT2D eigenvalue weighted by atomic mass is 32.2. The van der Waals surface area contributed by atoms with E-state index in [-0.39, 0.29) is 0 Å². The van der Waals surface area contributed by atoms with Crippen LogP contribution in [-0.4, -0.2) is 12.3 Å². The molecule has 0 saturated carbocycles. The number of hydrogen-bond acceptors (Lipinski definition) is 3. The lowest BCUT2D eigenvalue weighted by Crippen LogP contribution is -2.01. The molecule has 0 amide bonds. The molecular weight excluding hydrogens is 156 g/mol. The van der Waals surface area contributed by atoms with Crippen LogP contribution in [0.2, 0.25) is 0 Å². The minimum atomic E-state index is 0.693. The average molecular weight is 168 g/mol. The molecule has 0 atom stereocenters. The Bertz CT molecular complexity index is 225. The fourth-order valence-corrected chi connectivity index (χ4v) is 1.53. The lowest BCUT2D eigenvalue weighted by molar-refractivity contribution is 1.15. The summed E-state index contributed by atoms with van der Waals surface area (Å²) >= 11 is 1.70. The number of nitrogens with two attached hydrogens (primary N) is 2. The van der Waals surface area contributed by atoms with Gasteiger partial charge in [-0.1, -0.05) is 12.1 Å². The zero-order valence-electron chi connectivity index (χ0n) is 6.29. The van der Waals surface area contributed by atoms with Crippen molar-refractivity contribution in [1.29, 1.82) is 0 Å². The fourth-order valence-electron chi connectivity index (χ4n) is 0.781. The molecular formula is C8H12N2S. The van der Waals surface area contributed by atoms with Crippen molar-refractivity contribution < 1.29 is 0 Å². The van der Waals surface area contributed by atoms with Gasteiger partial charge >= 0.3 is 0 Å². The zero-order chi connectivity index (χ0) is 8.10. The highest BCUT2D eigenvalue weighted by molar-refractivity contribution is 7.99. The summed E-state index contributed by atoms with van der Waals surface area (Å²) in [6.45, 7) is 0.693. The van der Waals surface area contributed by atoms with Crippen LogP contribution in [0.25, 0.3) is 0 Å².